The molecule has 0 N–H and O–H groups in total. The van der Waals surface area contributed by atoms with Crippen molar-refractivity contribution in [2.45, 2.75) is 50.3 Å². The van der Waals surface area contributed by atoms with E-state index in [-0.39, 0.29) is 0 Å². The van der Waals surface area contributed by atoms with Gasteiger partial charge in [0.25, 0.3) is 0 Å². The van der Waals surface area contributed by atoms with Crippen molar-refractivity contribution < 1.29 is 0 Å². The first-order valence-electron chi connectivity index (χ1n) is 5.45. The minimum Gasteiger partial charge on any atom is -0.0888 e. The lowest BCUT2D eigenvalue weighted by atomic mass is 9.85. The third kappa shape index (κ3) is 1.57. The maximum atomic E-state index is 3.87. The highest BCUT2D eigenvalue weighted by atomic mass is 79.9. The second-order valence-corrected chi connectivity index (χ2v) is 5.82. The molecule has 70 valence electrons. The van der Waals surface area contributed by atoms with Gasteiger partial charge in [-0.25, -0.2) is 0 Å². The number of hydrogen-bond acceptors (Lipinski definition) is 0. The molecule has 0 nitrogen and oxygen atoms in total. The van der Waals surface area contributed by atoms with Crippen molar-refractivity contribution in [3.63, 3.8) is 0 Å². The monoisotopic (exact) mass is 230 g/mol. The Labute approximate surface area is 84.2 Å². The Morgan fingerprint density at radius 2 is 2.17 bits per heavy atom. The summed E-state index contributed by atoms with van der Waals surface area (Å²) in [4.78, 5) is 0.831. The van der Waals surface area contributed by atoms with Crippen molar-refractivity contribution in [1.82, 2.24) is 0 Å². The van der Waals surface area contributed by atoms with Crippen LogP contribution in [0.4, 0.5) is 0 Å². The van der Waals surface area contributed by atoms with E-state index in [0.29, 0.717) is 0 Å². The Morgan fingerprint density at radius 3 is 2.67 bits per heavy atom. The van der Waals surface area contributed by atoms with E-state index in [9.17, 15) is 0 Å². The Bertz CT molecular complexity index is 155. The fourth-order valence-electron chi connectivity index (χ4n) is 3.23. The van der Waals surface area contributed by atoms with Crippen molar-refractivity contribution in [3.05, 3.63) is 0 Å². The van der Waals surface area contributed by atoms with Crippen molar-refractivity contribution in [3.8, 4) is 0 Å². The molecule has 0 aromatic rings. The average molecular weight is 231 g/mol. The fraction of sp³-hybridized carbons (Fsp3) is 1.00. The van der Waals surface area contributed by atoms with E-state index in [2.05, 4.69) is 22.9 Å². The summed E-state index contributed by atoms with van der Waals surface area (Å²) < 4.78 is 0. The minimum absolute atomic E-state index is 0.831. The lowest BCUT2D eigenvalue weighted by Crippen LogP contribution is -2.20. The third-order valence-electron chi connectivity index (χ3n) is 3.82. The highest BCUT2D eigenvalue weighted by Crippen LogP contribution is 2.51. The molecule has 2 bridgehead atoms. The zero-order valence-electron chi connectivity index (χ0n) is 7.93. The number of hydrogen-bond donors (Lipinski definition) is 0. The smallest absolute Gasteiger partial charge is 0.0176 e. The molecule has 0 heterocycles. The van der Waals surface area contributed by atoms with Gasteiger partial charge < -0.3 is 0 Å². The van der Waals surface area contributed by atoms with Crippen LogP contribution in [-0.2, 0) is 0 Å². The van der Waals surface area contributed by atoms with Crippen LogP contribution >= 0.6 is 15.9 Å². The van der Waals surface area contributed by atoms with Crippen molar-refractivity contribution in [1.29, 1.82) is 0 Å². The molecule has 2 aliphatic carbocycles. The molecule has 12 heavy (non-hydrogen) atoms. The van der Waals surface area contributed by atoms with Gasteiger partial charge in [0.2, 0.25) is 0 Å². The van der Waals surface area contributed by atoms with Crippen LogP contribution < -0.4 is 0 Å². The molecule has 0 amide bonds. The Hall–Kier alpha value is 0.480. The summed E-state index contributed by atoms with van der Waals surface area (Å²) in [6.45, 7) is 2.29. The maximum absolute atomic E-state index is 3.87. The summed E-state index contributed by atoms with van der Waals surface area (Å²) in [5, 5.41) is 0. The molecule has 4 atom stereocenters. The van der Waals surface area contributed by atoms with Crippen LogP contribution in [-0.4, -0.2) is 4.83 Å². The lowest BCUT2D eigenvalue weighted by molar-refractivity contribution is 0.319. The normalized spacial score (nSPS) is 42.0. The Balaban J connectivity index is 1.89. The van der Waals surface area contributed by atoms with E-state index >= 15 is 0 Å². The molecule has 0 aromatic heterocycles. The molecule has 0 aromatic carbocycles. The van der Waals surface area contributed by atoms with E-state index in [1.807, 2.05) is 0 Å². The van der Waals surface area contributed by atoms with E-state index < -0.39 is 0 Å². The van der Waals surface area contributed by atoms with Crippen LogP contribution in [0.25, 0.3) is 0 Å². The second kappa shape index (κ2) is 3.69. The van der Waals surface area contributed by atoms with Crippen molar-refractivity contribution in [2.75, 3.05) is 0 Å². The minimum atomic E-state index is 0.831. The topological polar surface area (TPSA) is 0 Å². The number of rotatable bonds is 3. The van der Waals surface area contributed by atoms with Gasteiger partial charge in [0.05, 0.1) is 0 Å². The van der Waals surface area contributed by atoms with Gasteiger partial charge in [0.15, 0.2) is 0 Å². The largest absolute Gasteiger partial charge is 0.0888 e. The summed E-state index contributed by atoms with van der Waals surface area (Å²) >= 11 is 3.87. The van der Waals surface area contributed by atoms with Crippen LogP contribution in [0.1, 0.15) is 45.4 Å². The van der Waals surface area contributed by atoms with Gasteiger partial charge in [0.1, 0.15) is 0 Å². The van der Waals surface area contributed by atoms with Crippen molar-refractivity contribution >= 4 is 15.9 Å². The quantitative estimate of drug-likeness (QED) is 0.644. The zero-order chi connectivity index (χ0) is 8.55. The third-order valence-corrected chi connectivity index (χ3v) is 4.96. The van der Waals surface area contributed by atoms with E-state index in [0.717, 1.165) is 22.6 Å². The number of fused-ring (bicyclic) bond motifs is 2. The fourth-order valence-corrected chi connectivity index (χ4v) is 4.33. The molecule has 2 aliphatic rings. The van der Waals surface area contributed by atoms with Gasteiger partial charge >= 0.3 is 0 Å². The molecular formula is C11H19Br. The number of halogens is 1. The molecule has 2 saturated carbocycles. The van der Waals surface area contributed by atoms with E-state index in [1.54, 1.807) is 6.42 Å². The van der Waals surface area contributed by atoms with Crippen LogP contribution in [0.3, 0.4) is 0 Å². The predicted molar refractivity (Wildman–Crippen MR) is 56.6 cm³/mol. The molecule has 0 aliphatic heterocycles. The van der Waals surface area contributed by atoms with Crippen LogP contribution in [0.15, 0.2) is 0 Å². The summed E-state index contributed by atoms with van der Waals surface area (Å²) in [7, 11) is 0. The summed E-state index contributed by atoms with van der Waals surface area (Å²) in [6.07, 6.45) is 8.86. The molecule has 2 rings (SSSR count). The molecule has 0 radical (unpaired) electrons. The van der Waals surface area contributed by atoms with Gasteiger partial charge in [-0.2, -0.15) is 0 Å². The van der Waals surface area contributed by atoms with E-state index in [1.165, 1.54) is 32.1 Å². The van der Waals surface area contributed by atoms with E-state index in [4.69, 9.17) is 0 Å². The summed E-state index contributed by atoms with van der Waals surface area (Å²) in [5.41, 5.74) is 0. The molecular weight excluding hydrogens is 212 g/mol. The highest BCUT2D eigenvalue weighted by molar-refractivity contribution is 9.09. The van der Waals surface area contributed by atoms with Gasteiger partial charge in [-0.15, -0.1) is 0 Å². The van der Waals surface area contributed by atoms with Crippen molar-refractivity contribution in [2.24, 2.45) is 17.8 Å². The predicted octanol–water partition coefficient (Wildman–Crippen LogP) is 3.99. The first-order chi connectivity index (χ1) is 5.81. The number of alkyl halides is 1. The zero-order valence-corrected chi connectivity index (χ0v) is 9.52. The van der Waals surface area contributed by atoms with Crippen LogP contribution in [0.5, 0.6) is 0 Å². The first-order valence-corrected chi connectivity index (χ1v) is 6.37. The van der Waals surface area contributed by atoms with Gasteiger partial charge in [-0.3, -0.25) is 0 Å². The van der Waals surface area contributed by atoms with Gasteiger partial charge in [-0.1, -0.05) is 35.7 Å². The second-order valence-electron chi connectivity index (χ2n) is 4.64. The maximum Gasteiger partial charge on any atom is 0.0176 e. The average Bonchev–Trinajstić information content (AvgIpc) is 2.64. The first kappa shape index (κ1) is 9.05. The molecule has 1 heteroatoms. The molecule has 0 spiro atoms. The van der Waals surface area contributed by atoms with Gasteiger partial charge in [-0.05, 0) is 43.4 Å². The highest BCUT2D eigenvalue weighted by Gasteiger charge is 2.41. The van der Waals surface area contributed by atoms with Crippen LogP contribution in [0.2, 0.25) is 0 Å². The SMILES string of the molecule is CCCC(Br)C1CC2CCC1C2. The Morgan fingerprint density at radius 1 is 1.33 bits per heavy atom. The standard InChI is InChI=1S/C11H19Br/c1-2-3-11(12)10-7-8-4-5-9(10)6-8/h8-11H,2-7H2,1H3. The molecule has 4 unspecified atom stereocenters. The van der Waals surface area contributed by atoms with Crippen LogP contribution in [0, 0.1) is 17.8 Å². The summed E-state index contributed by atoms with van der Waals surface area (Å²) in [5.74, 6) is 3.23. The summed E-state index contributed by atoms with van der Waals surface area (Å²) in [6, 6.07) is 0. The Kier molecular flexibility index (Phi) is 2.78. The van der Waals surface area contributed by atoms with Gasteiger partial charge in [0, 0.05) is 4.83 Å². The lowest BCUT2D eigenvalue weighted by Gasteiger charge is -2.26. The molecule has 2 fully saturated rings. The molecule has 0 saturated heterocycles.